The third-order valence-corrected chi connectivity index (χ3v) is 5.23. The Morgan fingerprint density at radius 1 is 1.19 bits per heavy atom. The molecule has 1 aromatic rings. The van der Waals surface area contributed by atoms with E-state index < -0.39 is 0 Å². The fourth-order valence-electron chi connectivity index (χ4n) is 2.79. The van der Waals surface area contributed by atoms with Crippen molar-refractivity contribution >= 4 is 16.5 Å². The maximum absolute atomic E-state index is 4.93. The summed E-state index contributed by atoms with van der Waals surface area (Å²) in [6.45, 7) is 16.7. The van der Waals surface area contributed by atoms with Gasteiger partial charge >= 0.3 is 0 Å². The van der Waals surface area contributed by atoms with E-state index in [9.17, 15) is 0 Å². The summed E-state index contributed by atoms with van der Waals surface area (Å²) in [4.78, 5) is 11.3. The van der Waals surface area contributed by atoms with E-state index in [2.05, 4.69) is 49.7 Å². The van der Waals surface area contributed by atoms with E-state index in [0.717, 1.165) is 32.7 Å². The second-order valence-electron chi connectivity index (χ2n) is 7.13. The van der Waals surface area contributed by atoms with Gasteiger partial charge in [-0.25, -0.2) is 4.98 Å². The van der Waals surface area contributed by atoms with Crippen LogP contribution in [0.2, 0.25) is 0 Å². The number of aromatic nitrogens is 1. The Kier molecular flexibility index (Phi) is 5.28. The number of nitrogens with zero attached hydrogens (tertiary/aromatic N) is 3. The lowest BCUT2D eigenvalue weighted by Gasteiger charge is -2.42. The van der Waals surface area contributed by atoms with Crippen molar-refractivity contribution in [2.45, 2.75) is 52.6 Å². The minimum atomic E-state index is 0.273. The van der Waals surface area contributed by atoms with Gasteiger partial charge in [0.15, 0.2) is 5.13 Å². The number of piperazine rings is 1. The monoisotopic (exact) mass is 310 g/mol. The molecule has 4 nitrogen and oxygen atoms in total. The number of rotatable bonds is 4. The maximum atomic E-state index is 4.93. The van der Waals surface area contributed by atoms with E-state index in [4.69, 9.17) is 4.98 Å². The van der Waals surface area contributed by atoms with Crippen molar-refractivity contribution in [2.75, 3.05) is 38.1 Å². The Hall–Kier alpha value is -0.650. The standard InChI is InChI=1S/C16H30N4S/c1-12(2)14-13(11-17-6)21-15(18-14)19-7-9-20(10-8-19)16(3,4)5/h12,17H,7-11H2,1-6H3. The molecule has 1 aliphatic rings. The molecule has 0 unspecified atom stereocenters. The quantitative estimate of drug-likeness (QED) is 0.926. The van der Waals surface area contributed by atoms with Gasteiger partial charge in [-0.1, -0.05) is 13.8 Å². The molecular formula is C16H30N4S. The SMILES string of the molecule is CNCc1sc(N2CCN(C(C)(C)C)CC2)nc1C(C)C. The minimum Gasteiger partial charge on any atom is -0.346 e. The summed E-state index contributed by atoms with van der Waals surface area (Å²) < 4.78 is 0. The van der Waals surface area contributed by atoms with Gasteiger partial charge in [-0.2, -0.15) is 0 Å². The zero-order chi connectivity index (χ0) is 15.6. The smallest absolute Gasteiger partial charge is 0.185 e. The molecule has 0 saturated carbocycles. The van der Waals surface area contributed by atoms with Crippen LogP contribution in [0.4, 0.5) is 5.13 Å². The number of thiazole rings is 1. The second kappa shape index (κ2) is 6.63. The first-order valence-corrected chi connectivity index (χ1v) is 8.78. The van der Waals surface area contributed by atoms with Crippen molar-refractivity contribution in [2.24, 2.45) is 0 Å². The molecule has 1 aromatic heterocycles. The van der Waals surface area contributed by atoms with Gasteiger partial charge in [-0.05, 0) is 33.7 Å². The summed E-state index contributed by atoms with van der Waals surface area (Å²) in [6.07, 6.45) is 0. The molecule has 0 amide bonds. The van der Waals surface area contributed by atoms with E-state index in [1.807, 2.05) is 18.4 Å². The van der Waals surface area contributed by atoms with Crippen LogP contribution in [0, 0.1) is 0 Å². The van der Waals surface area contributed by atoms with Crippen LogP contribution in [0.1, 0.15) is 51.1 Å². The highest BCUT2D eigenvalue weighted by Gasteiger charge is 2.27. The van der Waals surface area contributed by atoms with E-state index in [1.165, 1.54) is 15.7 Å². The van der Waals surface area contributed by atoms with Gasteiger partial charge in [0.05, 0.1) is 5.69 Å². The predicted octanol–water partition coefficient (Wildman–Crippen LogP) is 2.91. The zero-order valence-electron chi connectivity index (χ0n) is 14.4. The maximum Gasteiger partial charge on any atom is 0.185 e. The summed E-state index contributed by atoms with van der Waals surface area (Å²) in [5.74, 6) is 0.495. The molecular weight excluding hydrogens is 280 g/mol. The molecule has 0 aromatic carbocycles. The summed E-state index contributed by atoms with van der Waals surface area (Å²) in [5, 5.41) is 4.47. The van der Waals surface area contributed by atoms with Gasteiger partial charge in [-0.15, -0.1) is 11.3 Å². The highest BCUT2D eigenvalue weighted by atomic mass is 32.1. The lowest BCUT2D eigenvalue weighted by atomic mass is 10.1. The van der Waals surface area contributed by atoms with Gasteiger partial charge in [0, 0.05) is 43.1 Å². The second-order valence-corrected chi connectivity index (χ2v) is 8.20. The van der Waals surface area contributed by atoms with Gasteiger partial charge in [0.25, 0.3) is 0 Å². The Balaban J connectivity index is 2.08. The first-order valence-electron chi connectivity index (χ1n) is 7.97. The number of hydrogen-bond acceptors (Lipinski definition) is 5. The summed E-state index contributed by atoms with van der Waals surface area (Å²) in [7, 11) is 2.01. The van der Waals surface area contributed by atoms with Crippen LogP contribution in [0.15, 0.2) is 0 Å². The van der Waals surface area contributed by atoms with Crippen molar-refractivity contribution in [3.8, 4) is 0 Å². The van der Waals surface area contributed by atoms with Crippen molar-refractivity contribution in [1.82, 2.24) is 15.2 Å². The van der Waals surface area contributed by atoms with Crippen molar-refractivity contribution in [1.29, 1.82) is 0 Å². The van der Waals surface area contributed by atoms with Crippen molar-refractivity contribution in [3.63, 3.8) is 0 Å². The lowest BCUT2D eigenvalue weighted by molar-refractivity contribution is 0.128. The predicted molar refractivity (Wildman–Crippen MR) is 92.5 cm³/mol. The largest absolute Gasteiger partial charge is 0.346 e. The minimum absolute atomic E-state index is 0.273. The molecule has 0 bridgehead atoms. The van der Waals surface area contributed by atoms with Gasteiger partial charge in [-0.3, -0.25) is 4.90 Å². The highest BCUT2D eigenvalue weighted by molar-refractivity contribution is 7.15. The molecule has 120 valence electrons. The molecule has 5 heteroatoms. The zero-order valence-corrected chi connectivity index (χ0v) is 15.2. The van der Waals surface area contributed by atoms with Crippen LogP contribution >= 0.6 is 11.3 Å². The van der Waals surface area contributed by atoms with Crippen LogP contribution in [0.25, 0.3) is 0 Å². The van der Waals surface area contributed by atoms with Gasteiger partial charge < -0.3 is 10.2 Å². The fraction of sp³-hybridized carbons (Fsp3) is 0.812. The summed E-state index contributed by atoms with van der Waals surface area (Å²) in [5.41, 5.74) is 1.54. The molecule has 2 heterocycles. The van der Waals surface area contributed by atoms with Crippen molar-refractivity contribution < 1.29 is 0 Å². The van der Waals surface area contributed by atoms with Crippen LogP contribution in [0.3, 0.4) is 0 Å². The van der Waals surface area contributed by atoms with Crippen LogP contribution in [-0.2, 0) is 6.54 Å². The van der Waals surface area contributed by atoms with E-state index in [1.54, 1.807) is 0 Å². The van der Waals surface area contributed by atoms with Crippen LogP contribution < -0.4 is 10.2 Å². The highest BCUT2D eigenvalue weighted by Crippen LogP contribution is 2.31. The average molecular weight is 311 g/mol. The van der Waals surface area contributed by atoms with E-state index in [-0.39, 0.29) is 5.54 Å². The molecule has 0 atom stereocenters. The number of nitrogens with one attached hydrogen (secondary N) is 1. The van der Waals surface area contributed by atoms with Gasteiger partial charge in [0.2, 0.25) is 0 Å². The summed E-state index contributed by atoms with van der Waals surface area (Å²) in [6, 6.07) is 0. The van der Waals surface area contributed by atoms with Crippen LogP contribution in [-0.4, -0.2) is 48.6 Å². The topological polar surface area (TPSA) is 31.4 Å². The van der Waals surface area contributed by atoms with Gasteiger partial charge in [0.1, 0.15) is 0 Å². The molecule has 1 N–H and O–H groups in total. The lowest BCUT2D eigenvalue weighted by Crippen LogP contribution is -2.53. The number of hydrogen-bond donors (Lipinski definition) is 1. The first-order chi connectivity index (χ1) is 9.82. The molecule has 21 heavy (non-hydrogen) atoms. The fourth-order valence-corrected chi connectivity index (χ4v) is 4.07. The van der Waals surface area contributed by atoms with E-state index in [0.29, 0.717) is 5.92 Å². The normalized spacial score (nSPS) is 17.8. The third kappa shape index (κ3) is 3.96. The molecule has 1 fully saturated rings. The Bertz CT molecular complexity index is 453. The van der Waals surface area contributed by atoms with Crippen molar-refractivity contribution in [3.05, 3.63) is 10.6 Å². The first kappa shape index (κ1) is 16.7. The Labute approximate surface area is 133 Å². The Morgan fingerprint density at radius 3 is 2.29 bits per heavy atom. The molecule has 1 aliphatic heterocycles. The molecule has 0 radical (unpaired) electrons. The average Bonchev–Trinajstić information content (AvgIpc) is 2.82. The molecule has 1 saturated heterocycles. The molecule has 0 spiro atoms. The Morgan fingerprint density at radius 2 is 1.81 bits per heavy atom. The van der Waals surface area contributed by atoms with Crippen LogP contribution in [0.5, 0.6) is 0 Å². The van der Waals surface area contributed by atoms with E-state index >= 15 is 0 Å². The molecule has 2 rings (SSSR count). The summed E-state index contributed by atoms with van der Waals surface area (Å²) >= 11 is 1.86. The number of anilines is 1. The third-order valence-electron chi connectivity index (χ3n) is 4.10. The molecule has 0 aliphatic carbocycles.